The fourth-order valence-electron chi connectivity index (χ4n) is 3.04. The van der Waals surface area contributed by atoms with Gasteiger partial charge in [-0.2, -0.15) is 0 Å². The van der Waals surface area contributed by atoms with Crippen molar-refractivity contribution in [3.8, 4) is 5.75 Å². The van der Waals surface area contributed by atoms with E-state index in [-0.39, 0.29) is 17.9 Å². The molecule has 0 fully saturated rings. The molecule has 2 N–H and O–H groups in total. The summed E-state index contributed by atoms with van der Waals surface area (Å²) in [5.41, 5.74) is 2.04. The molecule has 1 unspecified atom stereocenters. The zero-order valence-electron chi connectivity index (χ0n) is 17.2. The Balaban J connectivity index is 1.80. The average molecular weight is 402 g/mol. The highest BCUT2D eigenvalue weighted by atomic mass is 16.5. The van der Waals surface area contributed by atoms with Crippen LogP contribution in [-0.2, 0) is 11.2 Å². The topological polar surface area (TPSA) is 67.4 Å². The van der Waals surface area contributed by atoms with Crippen LogP contribution in [0.2, 0.25) is 0 Å². The molecule has 0 saturated carbocycles. The molecule has 0 aliphatic heterocycles. The predicted molar refractivity (Wildman–Crippen MR) is 119 cm³/mol. The number of hydrogen-bond acceptors (Lipinski definition) is 3. The van der Waals surface area contributed by atoms with Crippen LogP contribution in [0.3, 0.4) is 0 Å². The van der Waals surface area contributed by atoms with E-state index < -0.39 is 6.04 Å². The van der Waals surface area contributed by atoms with Crippen molar-refractivity contribution < 1.29 is 14.3 Å². The molecule has 3 rings (SSSR count). The van der Waals surface area contributed by atoms with Gasteiger partial charge in [0.2, 0.25) is 5.91 Å². The van der Waals surface area contributed by atoms with Gasteiger partial charge in [-0.1, -0.05) is 60.7 Å². The summed E-state index contributed by atoms with van der Waals surface area (Å²) in [4.78, 5) is 25.8. The zero-order chi connectivity index (χ0) is 21.3. The molecule has 0 aromatic heterocycles. The Bertz CT molecular complexity index is 972. The second-order valence-corrected chi connectivity index (χ2v) is 7.23. The Labute approximate surface area is 177 Å². The lowest BCUT2D eigenvalue weighted by Gasteiger charge is -2.20. The molecular formula is C25H26N2O3. The molecule has 154 valence electrons. The summed E-state index contributed by atoms with van der Waals surface area (Å²) in [6.45, 7) is 3.85. The number of benzene rings is 3. The number of para-hydroxylation sites is 2. The quantitative estimate of drug-likeness (QED) is 0.585. The number of anilines is 1. The monoisotopic (exact) mass is 402 g/mol. The molecule has 1 atom stereocenters. The van der Waals surface area contributed by atoms with Crippen molar-refractivity contribution in [3.05, 3.63) is 96.1 Å². The second kappa shape index (κ2) is 10.3. The summed E-state index contributed by atoms with van der Waals surface area (Å²) in [6.07, 6.45) is 0.347. The van der Waals surface area contributed by atoms with Crippen molar-refractivity contribution in [2.24, 2.45) is 0 Å². The van der Waals surface area contributed by atoms with Gasteiger partial charge in [-0.15, -0.1) is 0 Å². The van der Waals surface area contributed by atoms with Crippen molar-refractivity contribution >= 4 is 17.5 Å². The molecule has 5 nitrogen and oxygen atoms in total. The summed E-state index contributed by atoms with van der Waals surface area (Å²) in [5.74, 6) is -0.00460. The molecule has 30 heavy (non-hydrogen) atoms. The predicted octanol–water partition coefficient (Wildman–Crippen LogP) is 4.45. The van der Waals surface area contributed by atoms with E-state index in [0.717, 1.165) is 5.56 Å². The Morgan fingerprint density at radius 3 is 2.10 bits per heavy atom. The highest BCUT2D eigenvalue weighted by Crippen LogP contribution is 2.25. The zero-order valence-corrected chi connectivity index (χ0v) is 17.2. The fraction of sp³-hybridized carbons (Fsp3) is 0.200. The van der Waals surface area contributed by atoms with Gasteiger partial charge in [0.1, 0.15) is 11.8 Å². The molecule has 0 heterocycles. The molecular weight excluding hydrogens is 376 g/mol. The third-order valence-corrected chi connectivity index (χ3v) is 4.45. The first-order valence-corrected chi connectivity index (χ1v) is 9.99. The highest BCUT2D eigenvalue weighted by molar-refractivity contribution is 6.01. The van der Waals surface area contributed by atoms with E-state index in [4.69, 9.17) is 4.74 Å². The first-order valence-electron chi connectivity index (χ1n) is 9.99. The molecule has 3 aromatic rings. The van der Waals surface area contributed by atoms with Gasteiger partial charge in [-0.05, 0) is 43.7 Å². The number of carbonyl (C=O) groups is 2. The van der Waals surface area contributed by atoms with Crippen LogP contribution in [0.5, 0.6) is 5.75 Å². The summed E-state index contributed by atoms with van der Waals surface area (Å²) in [5, 5.41) is 5.78. The van der Waals surface area contributed by atoms with E-state index in [1.165, 1.54) is 0 Å². The first kappa shape index (κ1) is 21.1. The molecule has 0 aliphatic rings. The largest absolute Gasteiger partial charge is 0.489 e. The number of rotatable bonds is 8. The third kappa shape index (κ3) is 5.95. The van der Waals surface area contributed by atoms with Crippen molar-refractivity contribution in [1.29, 1.82) is 0 Å². The SMILES string of the molecule is CC(C)Oc1ccccc1NC(=O)C(Cc1ccccc1)NC(=O)c1ccccc1. The maximum absolute atomic E-state index is 13.1. The highest BCUT2D eigenvalue weighted by Gasteiger charge is 2.23. The summed E-state index contributed by atoms with van der Waals surface area (Å²) in [6, 6.07) is 25.0. The average Bonchev–Trinajstić information content (AvgIpc) is 2.75. The Morgan fingerprint density at radius 2 is 1.43 bits per heavy atom. The number of amides is 2. The number of nitrogens with one attached hydrogen (secondary N) is 2. The number of ether oxygens (including phenoxy) is 1. The smallest absolute Gasteiger partial charge is 0.251 e. The van der Waals surface area contributed by atoms with Crippen molar-refractivity contribution in [3.63, 3.8) is 0 Å². The summed E-state index contributed by atoms with van der Waals surface area (Å²) < 4.78 is 5.79. The van der Waals surface area contributed by atoms with E-state index in [0.29, 0.717) is 23.4 Å². The molecule has 3 aromatic carbocycles. The second-order valence-electron chi connectivity index (χ2n) is 7.23. The number of carbonyl (C=O) groups excluding carboxylic acids is 2. The minimum Gasteiger partial charge on any atom is -0.489 e. The van der Waals surface area contributed by atoms with Gasteiger partial charge in [0.25, 0.3) is 5.91 Å². The van der Waals surface area contributed by atoms with Gasteiger partial charge < -0.3 is 15.4 Å². The van der Waals surface area contributed by atoms with Crippen molar-refractivity contribution in [2.45, 2.75) is 32.4 Å². The van der Waals surface area contributed by atoms with Crippen LogP contribution in [0.15, 0.2) is 84.9 Å². The summed E-state index contributed by atoms with van der Waals surface area (Å²) >= 11 is 0. The Morgan fingerprint density at radius 1 is 0.833 bits per heavy atom. The van der Waals surface area contributed by atoms with Gasteiger partial charge in [0.05, 0.1) is 11.8 Å². The maximum Gasteiger partial charge on any atom is 0.251 e. The first-order chi connectivity index (χ1) is 14.5. The minimum atomic E-state index is -0.743. The van der Waals surface area contributed by atoms with Crippen molar-refractivity contribution in [2.75, 3.05) is 5.32 Å². The molecule has 5 heteroatoms. The van der Waals surface area contributed by atoms with Crippen LogP contribution in [0.1, 0.15) is 29.8 Å². The normalized spacial score (nSPS) is 11.6. The Kier molecular flexibility index (Phi) is 7.22. The fourth-order valence-corrected chi connectivity index (χ4v) is 3.04. The van der Waals surface area contributed by atoms with E-state index in [1.807, 2.05) is 68.4 Å². The van der Waals surface area contributed by atoms with Gasteiger partial charge in [-0.3, -0.25) is 9.59 Å². The Hall–Kier alpha value is -3.60. The van der Waals surface area contributed by atoms with Crippen molar-refractivity contribution in [1.82, 2.24) is 5.32 Å². The summed E-state index contributed by atoms with van der Waals surface area (Å²) in [7, 11) is 0. The standard InChI is InChI=1S/C25H26N2O3/c1-18(2)30-23-16-10-9-15-21(23)26-25(29)22(17-19-11-5-3-6-12-19)27-24(28)20-13-7-4-8-14-20/h3-16,18,22H,17H2,1-2H3,(H,26,29)(H,27,28). The molecule has 0 spiro atoms. The molecule has 0 aliphatic carbocycles. The van der Waals surface area contributed by atoms with Gasteiger partial charge in [0, 0.05) is 12.0 Å². The van der Waals surface area contributed by atoms with Crippen LogP contribution in [0, 0.1) is 0 Å². The van der Waals surface area contributed by atoms with Gasteiger partial charge >= 0.3 is 0 Å². The molecule has 0 saturated heterocycles. The van der Waals surface area contributed by atoms with E-state index in [1.54, 1.807) is 30.3 Å². The van der Waals surface area contributed by atoms with Crippen LogP contribution in [0.4, 0.5) is 5.69 Å². The van der Waals surface area contributed by atoms with Crippen LogP contribution in [-0.4, -0.2) is 24.0 Å². The molecule has 0 radical (unpaired) electrons. The maximum atomic E-state index is 13.1. The van der Waals surface area contributed by atoms with E-state index in [9.17, 15) is 9.59 Å². The van der Waals surface area contributed by atoms with E-state index >= 15 is 0 Å². The van der Waals surface area contributed by atoms with Crippen LogP contribution < -0.4 is 15.4 Å². The van der Waals surface area contributed by atoms with Crippen LogP contribution >= 0.6 is 0 Å². The molecule has 2 amide bonds. The van der Waals surface area contributed by atoms with Gasteiger partial charge in [-0.25, -0.2) is 0 Å². The lowest BCUT2D eigenvalue weighted by atomic mass is 10.0. The van der Waals surface area contributed by atoms with Crippen LogP contribution in [0.25, 0.3) is 0 Å². The minimum absolute atomic E-state index is 0.0269. The third-order valence-electron chi connectivity index (χ3n) is 4.45. The molecule has 0 bridgehead atoms. The van der Waals surface area contributed by atoms with E-state index in [2.05, 4.69) is 10.6 Å². The number of hydrogen-bond donors (Lipinski definition) is 2. The van der Waals surface area contributed by atoms with Gasteiger partial charge in [0.15, 0.2) is 0 Å². The lowest BCUT2D eigenvalue weighted by Crippen LogP contribution is -2.45. The lowest BCUT2D eigenvalue weighted by molar-refractivity contribution is -0.118.